The van der Waals surface area contributed by atoms with Crippen LogP contribution < -0.4 is 0 Å². The second kappa shape index (κ2) is 5.09. The fourth-order valence-corrected chi connectivity index (χ4v) is 1.59. The molecule has 2 rings (SSSR count). The van der Waals surface area contributed by atoms with Gasteiger partial charge in [-0.2, -0.15) is 0 Å². The normalized spacial score (nSPS) is 10.3. The predicted octanol–water partition coefficient (Wildman–Crippen LogP) is 2.95. The minimum absolute atomic E-state index is 0.358. The van der Waals surface area contributed by atoms with Gasteiger partial charge in [-0.3, -0.25) is 4.98 Å². The van der Waals surface area contributed by atoms with Crippen molar-refractivity contribution in [1.82, 2.24) is 4.98 Å². The monoisotopic (exact) mass is 267 g/mol. The summed E-state index contributed by atoms with van der Waals surface area (Å²) in [6, 6.07) is 4.40. The number of aromatic nitrogens is 1. The maximum absolute atomic E-state index is 14.1. The first-order chi connectivity index (χ1) is 9.06. The lowest BCUT2D eigenvalue weighted by molar-refractivity contribution is 0.0595. The van der Waals surface area contributed by atoms with Crippen molar-refractivity contribution in [2.24, 2.45) is 0 Å². The van der Waals surface area contributed by atoms with Crippen LogP contribution in [0, 0.1) is 17.5 Å². The van der Waals surface area contributed by atoms with Crippen molar-refractivity contribution in [2.75, 3.05) is 7.11 Å². The summed E-state index contributed by atoms with van der Waals surface area (Å²) in [6.45, 7) is 0. The second-order valence-corrected chi connectivity index (χ2v) is 3.61. The van der Waals surface area contributed by atoms with Crippen molar-refractivity contribution >= 4 is 5.97 Å². The largest absolute Gasteiger partial charge is 0.465 e. The molecule has 6 heteroatoms. The molecule has 0 amide bonds. The Morgan fingerprint density at radius 1 is 1.16 bits per heavy atom. The maximum Gasteiger partial charge on any atom is 0.340 e. The van der Waals surface area contributed by atoms with E-state index in [1.165, 1.54) is 12.1 Å². The molecule has 1 heterocycles. The minimum Gasteiger partial charge on any atom is -0.465 e. The van der Waals surface area contributed by atoms with Crippen LogP contribution in [0.5, 0.6) is 0 Å². The highest BCUT2D eigenvalue weighted by atomic mass is 19.2. The molecule has 0 aliphatic rings. The lowest BCUT2D eigenvalue weighted by Gasteiger charge is -2.07. The Morgan fingerprint density at radius 3 is 2.58 bits per heavy atom. The van der Waals surface area contributed by atoms with Crippen LogP contribution in [0.25, 0.3) is 11.3 Å². The van der Waals surface area contributed by atoms with Gasteiger partial charge in [0.15, 0.2) is 17.5 Å². The van der Waals surface area contributed by atoms with Gasteiger partial charge in [0.1, 0.15) is 5.69 Å². The van der Waals surface area contributed by atoms with Gasteiger partial charge in [-0.05, 0) is 18.2 Å². The zero-order valence-electron chi connectivity index (χ0n) is 9.78. The average molecular weight is 267 g/mol. The van der Waals surface area contributed by atoms with Gasteiger partial charge in [-0.25, -0.2) is 18.0 Å². The molecular formula is C13H8F3NO2. The van der Waals surface area contributed by atoms with Crippen molar-refractivity contribution in [1.29, 1.82) is 0 Å². The molecule has 2 aromatic rings. The Hall–Kier alpha value is -2.37. The highest BCUT2D eigenvalue weighted by molar-refractivity contribution is 5.90. The molecule has 0 saturated heterocycles. The number of hydrogen-bond donors (Lipinski definition) is 0. The number of nitrogens with zero attached hydrogens (tertiary/aromatic N) is 1. The lowest BCUT2D eigenvalue weighted by Crippen LogP contribution is -2.07. The number of carbonyl (C=O) groups is 1. The highest BCUT2D eigenvalue weighted by Gasteiger charge is 2.20. The Bertz CT molecular complexity index is 644. The van der Waals surface area contributed by atoms with Gasteiger partial charge in [0.2, 0.25) is 0 Å². The van der Waals surface area contributed by atoms with Gasteiger partial charge >= 0.3 is 5.97 Å². The summed E-state index contributed by atoms with van der Waals surface area (Å²) in [5.41, 5.74) is -1.20. The van der Waals surface area contributed by atoms with Crippen molar-refractivity contribution in [3.63, 3.8) is 0 Å². The fourth-order valence-electron chi connectivity index (χ4n) is 1.59. The molecule has 0 radical (unpaired) electrons. The van der Waals surface area contributed by atoms with E-state index in [0.717, 1.165) is 25.4 Å². The molecule has 0 unspecified atom stereocenters. The van der Waals surface area contributed by atoms with E-state index < -0.39 is 34.7 Å². The van der Waals surface area contributed by atoms with Crippen molar-refractivity contribution in [3.8, 4) is 11.3 Å². The Morgan fingerprint density at radius 2 is 1.89 bits per heavy atom. The summed E-state index contributed by atoms with van der Waals surface area (Å²) in [6.07, 6.45) is 1.12. The highest BCUT2D eigenvalue weighted by Crippen LogP contribution is 2.26. The molecule has 19 heavy (non-hydrogen) atoms. The Kier molecular flexibility index (Phi) is 3.50. The molecule has 1 aromatic heterocycles. The number of benzene rings is 1. The summed E-state index contributed by atoms with van der Waals surface area (Å²) >= 11 is 0. The van der Waals surface area contributed by atoms with Gasteiger partial charge in [0, 0.05) is 11.8 Å². The third-order valence-corrected chi connectivity index (χ3v) is 2.50. The smallest absolute Gasteiger partial charge is 0.340 e. The van der Waals surface area contributed by atoms with Crippen LogP contribution in [-0.4, -0.2) is 18.1 Å². The molecule has 0 N–H and O–H groups in total. The number of hydrogen-bond acceptors (Lipinski definition) is 3. The summed E-state index contributed by atoms with van der Waals surface area (Å²) in [5, 5.41) is 0. The number of rotatable bonds is 2. The zero-order valence-corrected chi connectivity index (χ0v) is 9.78. The third-order valence-electron chi connectivity index (χ3n) is 2.50. The first kappa shape index (κ1) is 13.1. The number of esters is 1. The van der Waals surface area contributed by atoms with E-state index in [9.17, 15) is 18.0 Å². The molecule has 98 valence electrons. The predicted molar refractivity (Wildman–Crippen MR) is 60.9 cm³/mol. The molecule has 3 nitrogen and oxygen atoms in total. The molecule has 0 spiro atoms. The standard InChI is InChI=1S/C13H8F3NO2/c1-19-13(18)8-5-6-17-12(11(8)16)7-3-2-4-9(14)10(7)15/h2-6H,1H3. The van der Waals surface area contributed by atoms with Gasteiger partial charge < -0.3 is 4.74 Å². The molecule has 0 atom stereocenters. The summed E-state index contributed by atoms with van der Waals surface area (Å²) < 4.78 is 45.1. The van der Waals surface area contributed by atoms with Crippen LogP contribution in [-0.2, 0) is 4.74 Å². The topological polar surface area (TPSA) is 39.2 Å². The Balaban J connectivity index is 2.64. The third kappa shape index (κ3) is 2.29. The SMILES string of the molecule is COC(=O)c1ccnc(-c2cccc(F)c2F)c1F. The van der Waals surface area contributed by atoms with E-state index in [2.05, 4.69) is 9.72 Å². The van der Waals surface area contributed by atoms with Crippen LogP contribution in [0.15, 0.2) is 30.5 Å². The molecular weight excluding hydrogens is 259 g/mol. The van der Waals surface area contributed by atoms with Gasteiger partial charge in [0.25, 0.3) is 0 Å². The van der Waals surface area contributed by atoms with E-state index in [1.807, 2.05) is 0 Å². The van der Waals surface area contributed by atoms with Crippen molar-refractivity contribution in [2.45, 2.75) is 0 Å². The first-order valence-electron chi connectivity index (χ1n) is 5.23. The summed E-state index contributed by atoms with van der Waals surface area (Å²) in [4.78, 5) is 15.0. The van der Waals surface area contributed by atoms with E-state index in [-0.39, 0.29) is 5.56 Å². The second-order valence-electron chi connectivity index (χ2n) is 3.61. The van der Waals surface area contributed by atoms with E-state index in [1.54, 1.807) is 0 Å². The van der Waals surface area contributed by atoms with Gasteiger partial charge in [0.05, 0.1) is 12.7 Å². The van der Waals surface area contributed by atoms with Crippen LogP contribution in [0.4, 0.5) is 13.2 Å². The van der Waals surface area contributed by atoms with Crippen LogP contribution in [0.3, 0.4) is 0 Å². The molecule has 0 bridgehead atoms. The van der Waals surface area contributed by atoms with Crippen LogP contribution in [0.1, 0.15) is 10.4 Å². The molecule has 0 aliphatic heterocycles. The van der Waals surface area contributed by atoms with E-state index in [4.69, 9.17) is 0 Å². The molecule has 0 fully saturated rings. The number of ether oxygens (including phenoxy) is 1. The van der Waals surface area contributed by atoms with E-state index in [0.29, 0.717) is 0 Å². The molecule has 0 aliphatic carbocycles. The Labute approximate surface area is 106 Å². The van der Waals surface area contributed by atoms with Crippen LogP contribution >= 0.6 is 0 Å². The van der Waals surface area contributed by atoms with E-state index >= 15 is 0 Å². The van der Waals surface area contributed by atoms with Crippen molar-refractivity contribution in [3.05, 3.63) is 53.5 Å². The first-order valence-corrected chi connectivity index (χ1v) is 5.23. The average Bonchev–Trinajstić information content (AvgIpc) is 2.42. The van der Waals surface area contributed by atoms with Crippen LogP contribution in [0.2, 0.25) is 0 Å². The van der Waals surface area contributed by atoms with Gasteiger partial charge in [-0.15, -0.1) is 0 Å². The summed E-state index contributed by atoms with van der Waals surface area (Å²) in [5.74, 6) is -4.32. The number of halogens is 3. The fraction of sp³-hybridized carbons (Fsp3) is 0.0769. The minimum atomic E-state index is -1.23. The quantitative estimate of drug-likeness (QED) is 0.785. The molecule has 1 aromatic carbocycles. The molecule has 0 saturated carbocycles. The van der Waals surface area contributed by atoms with Gasteiger partial charge in [-0.1, -0.05) is 6.07 Å². The number of methoxy groups -OCH3 is 1. The summed E-state index contributed by atoms with van der Waals surface area (Å²) in [7, 11) is 1.09. The lowest BCUT2D eigenvalue weighted by atomic mass is 10.1. The number of pyridine rings is 1. The number of carbonyl (C=O) groups excluding carboxylic acids is 1. The maximum atomic E-state index is 14.1. The van der Waals surface area contributed by atoms with Crippen molar-refractivity contribution < 1.29 is 22.7 Å². The zero-order chi connectivity index (χ0) is 14.0.